The zero-order valence-corrected chi connectivity index (χ0v) is 18.2. The van der Waals surface area contributed by atoms with Crippen LogP contribution < -0.4 is 10.2 Å². The number of hydrazone groups is 1. The highest BCUT2D eigenvalue weighted by atomic mass is 35.5. The van der Waals surface area contributed by atoms with Gasteiger partial charge in [-0.15, -0.1) is 0 Å². The molecule has 1 aliphatic rings. The van der Waals surface area contributed by atoms with E-state index in [1.807, 2.05) is 31.2 Å². The van der Waals surface area contributed by atoms with Crippen LogP contribution in [0.3, 0.4) is 0 Å². The predicted molar refractivity (Wildman–Crippen MR) is 116 cm³/mol. The lowest BCUT2D eigenvalue weighted by atomic mass is 9.98. The number of carbonyl (C=O) groups excluding carboxylic acids is 1. The standard InChI is InChI=1S/C21H24ClN3O4S/c1-2-29-19-7-3-16(4-8-19)15-23-24-21(26)17-11-13-25(14-12-17)30(27,28)20-9-5-18(22)6-10-20/h3-10,15,17H,2,11-14H2,1H3,(H,24,26)/b23-15-. The smallest absolute Gasteiger partial charge is 0.243 e. The van der Waals surface area contributed by atoms with E-state index in [1.54, 1.807) is 18.3 Å². The number of sulfonamides is 1. The van der Waals surface area contributed by atoms with Crippen LogP contribution in [0.25, 0.3) is 0 Å². The first kappa shape index (κ1) is 22.3. The second kappa shape index (κ2) is 10.1. The molecule has 0 radical (unpaired) electrons. The monoisotopic (exact) mass is 449 g/mol. The Bertz CT molecular complexity index is 984. The molecule has 1 fully saturated rings. The molecule has 0 atom stereocenters. The zero-order chi connectivity index (χ0) is 21.6. The average molecular weight is 450 g/mol. The van der Waals surface area contributed by atoms with Gasteiger partial charge in [0.2, 0.25) is 15.9 Å². The van der Waals surface area contributed by atoms with Gasteiger partial charge in [-0.3, -0.25) is 4.79 Å². The lowest BCUT2D eigenvalue weighted by molar-refractivity contribution is -0.126. The minimum absolute atomic E-state index is 0.203. The third-order valence-electron chi connectivity index (χ3n) is 4.86. The lowest BCUT2D eigenvalue weighted by Gasteiger charge is -2.30. The van der Waals surface area contributed by atoms with E-state index in [4.69, 9.17) is 16.3 Å². The molecule has 0 saturated carbocycles. The Kier molecular flexibility index (Phi) is 7.47. The summed E-state index contributed by atoms with van der Waals surface area (Å²) in [4.78, 5) is 12.6. The first-order valence-electron chi connectivity index (χ1n) is 9.71. The van der Waals surface area contributed by atoms with Crippen LogP contribution in [0, 0.1) is 5.92 Å². The van der Waals surface area contributed by atoms with Gasteiger partial charge in [-0.05, 0) is 73.9 Å². The number of nitrogens with one attached hydrogen (secondary N) is 1. The van der Waals surface area contributed by atoms with Gasteiger partial charge in [-0.2, -0.15) is 9.41 Å². The van der Waals surface area contributed by atoms with E-state index in [9.17, 15) is 13.2 Å². The molecule has 0 aliphatic carbocycles. The first-order valence-corrected chi connectivity index (χ1v) is 11.5. The molecule has 7 nitrogen and oxygen atoms in total. The number of halogens is 1. The van der Waals surface area contributed by atoms with Crippen molar-refractivity contribution in [3.8, 4) is 5.75 Å². The van der Waals surface area contributed by atoms with Gasteiger partial charge in [0.1, 0.15) is 5.75 Å². The van der Waals surface area contributed by atoms with Gasteiger partial charge in [0, 0.05) is 24.0 Å². The van der Waals surface area contributed by atoms with Crippen molar-refractivity contribution in [3.05, 3.63) is 59.1 Å². The van der Waals surface area contributed by atoms with Crippen LogP contribution >= 0.6 is 11.6 Å². The highest BCUT2D eigenvalue weighted by Gasteiger charge is 2.32. The molecule has 2 aromatic rings. The molecule has 160 valence electrons. The molecule has 30 heavy (non-hydrogen) atoms. The Morgan fingerprint density at radius 2 is 1.80 bits per heavy atom. The summed E-state index contributed by atoms with van der Waals surface area (Å²) < 4.78 is 32.2. The van der Waals surface area contributed by atoms with Gasteiger partial charge in [-0.25, -0.2) is 13.8 Å². The van der Waals surface area contributed by atoms with Gasteiger partial charge < -0.3 is 4.74 Å². The molecule has 0 spiro atoms. The van der Waals surface area contributed by atoms with Crippen LogP contribution in [-0.2, 0) is 14.8 Å². The van der Waals surface area contributed by atoms with Crippen LogP contribution in [0.5, 0.6) is 5.75 Å². The van der Waals surface area contributed by atoms with Crippen LogP contribution in [-0.4, -0.2) is 44.5 Å². The molecule has 1 saturated heterocycles. The molecular formula is C21H24ClN3O4S. The van der Waals surface area contributed by atoms with Crippen molar-refractivity contribution in [1.29, 1.82) is 0 Å². The Morgan fingerprint density at radius 3 is 2.40 bits per heavy atom. The fourth-order valence-corrected chi connectivity index (χ4v) is 4.79. The number of carbonyl (C=O) groups is 1. The van der Waals surface area contributed by atoms with Crippen molar-refractivity contribution in [2.75, 3.05) is 19.7 Å². The molecule has 0 bridgehead atoms. The van der Waals surface area contributed by atoms with Crippen LogP contribution in [0.2, 0.25) is 5.02 Å². The molecule has 9 heteroatoms. The lowest BCUT2D eigenvalue weighted by Crippen LogP contribution is -2.42. The number of nitrogens with zero attached hydrogens (tertiary/aromatic N) is 2. The fourth-order valence-electron chi connectivity index (χ4n) is 3.19. The Labute approximate surface area is 181 Å². The number of ether oxygens (including phenoxy) is 1. The Hall–Kier alpha value is -2.42. The SMILES string of the molecule is CCOc1ccc(/C=N\NC(=O)C2CCN(S(=O)(=O)c3ccc(Cl)cc3)CC2)cc1. The van der Waals surface area contributed by atoms with Gasteiger partial charge in [0.05, 0.1) is 17.7 Å². The van der Waals surface area contributed by atoms with E-state index >= 15 is 0 Å². The van der Waals surface area contributed by atoms with Gasteiger partial charge >= 0.3 is 0 Å². The molecule has 1 aliphatic heterocycles. The molecule has 1 amide bonds. The number of rotatable bonds is 7. The van der Waals surface area contributed by atoms with Crippen molar-refractivity contribution in [1.82, 2.24) is 9.73 Å². The summed E-state index contributed by atoms with van der Waals surface area (Å²) in [5.41, 5.74) is 3.38. The number of hydrogen-bond donors (Lipinski definition) is 1. The number of benzene rings is 2. The summed E-state index contributed by atoms with van der Waals surface area (Å²) in [7, 11) is -3.59. The number of amides is 1. The Balaban J connectivity index is 1.50. The molecule has 0 aromatic heterocycles. The second-order valence-electron chi connectivity index (χ2n) is 6.87. The van der Waals surface area contributed by atoms with Gasteiger partial charge in [0.15, 0.2) is 0 Å². The summed E-state index contributed by atoms with van der Waals surface area (Å²) in [6.07, 6.45) is 2.45. The fraction of sp³-hybridized carbons (Fsp3) is 0.333. The quantitative estimate of drug-likeness (QED) is 0.519. The van der Waals surface area contributed by atoms with Crippen molar-refractivity contribution >= 4 is 33.7 Å². The average Bonchev–Trinajstić information content (AvgIpc) is 2.75. The zero-order valence-electron chi connectivity index (χ0n) is 16.6. The molecular weight excluding hydrogens is 426 g/mol. The third kappa shape index (κ3) is 5.59. The molecule has 0 unspecified atom stereocenters. The Morgan fingerprint density at radius 1 is 1.17 bits per heavy atom. The van der Waals surface area contributed by atoms with E-state index in [2.05, 4.69) is 10.5 Å². The second-order valence-corrected chi connectivity index (χ2v) is 9.24. The van der Waals surface area contributed by atoms with Crippen molar-refractivity contribution in [2.24, 2.45) is 11.0 Å². The molecule has 1 N–H and O–H groups in total. The third-order valence-corrected chi connectivity index (χ3v) is 7.02. The minimum atomic E-state index is -3.59. The van der Waals surface area contributed by atoms with Crippen LogP contribution in [0.4, 0.5) is 0 Å². The van der Waals surface area contributed by atoms with E-state index < -0.39 is 10.0 Å². The van der Waals surface area contributed by atoms with Crippen LogP contribution in [0.1, 0.15) is 25.3 Å². The van der Waals surface area contributed by atoms with E-state index in [1.165, 1.54) is 16.4 Å². The van der Waals surface area contributed by atoms with Crippen molar-refractivity contribution < 1.29 is 17.9 Å². The van der Waals surface area contributed by atoms with E-state index in [0.717, 1.165) is 11.3 Å². The van der Waals surface area contributed by atoms with Crippen molar-refractivity contribution in [3.63, 3.8) is 0 Å². The summed E-state index contributed by atoms with van der Waals surface area (Å²) in [6, 6.07) is 13.5. The number of hydrogen-bond acceptors (Lipinski definition) is 5. The summed E-state index contributed by atoms with van der Waals surface area (Å²) in [5, 5.41) is 4.49. The normalized spacial score (nSPS) is 15.9. The maximum Gasteiger partial charge on any atom is 0.243 e. The molecule has 3 rings (SSSR count). The number of piperidine rings is 1. The molecule has 1 heterocycles. The van der Waals surface area contributed by atoms with Crippen molar-refractivity contribution in [2.45, 2.75) is 24.7 Å². The van der Waals surface area contributed by atoms with E-state index in [0.29, 0.717) is 24.5 Å². The summed E-state index contributed by atoms with van der Waals surface area (Å²) in [5.74, 6) is 0.291. The van der Waals surface area contributed by atoms with Gasteiger partial charge in [-0.1, -0.05) is 11.6 Å². The maximum atomic E-state index is 12.7. The van der Waals surface area contributed by atoms with E-state index in [-0.39, 0.29) is 29.8 Å². The predicted octanol–water partition coefficient (Wildman–Crippen LogP) is 3.29. The largest absolute Gasteiger partial charge is 0.494 e. The maximum absolute atomic E-state index is 12.7. The van der Waals surface area contributed by atoms with Crippen LogP contribution in [0.15, 0.2) is 58.5 Å². The highest BCUT2D eigenvalue weighted by molar-refractivity contribution is 7.89. The first-order chi connectivity index (χ1) is 14.4. The topological polar surface area (TPSA) is 88.1 Å². The molecule has 2 aromatic carbocycles. The van der Waals surface area contributed by atoms with Gasteiger partial charge in [0.25, 0.3) is 0 Å². The summed E-state index contributed by atoms with van der Waals surface area (Å²) >= 11 is 5.83. The highest BCUT2D eigenvalue weighted by Crippen LogP contribution is 2.24. The minimum Gasteiger partial charge on any atom is -0.494 e. The summed E-state index contributed by atoms with van der Waals surface area (Å²) in [6.45, 7) is 3.09.